The molecule has 136 valence electrons. The molecule has 0 aliphatic carbocycles. The zero-order valence-electron chi connectivity index (χ0n) is 15.3. The van der Waals surface area contributed by atoms with Crippen LogP contribution in [-0.2, 0) is 6.42 Å². The Balaban J connectivity index is 1.82. The van der Waals surface area contributed by atoms with E-state index in [0.29, 0.717) is 0 Å². The van der Waals surface area contributed by atoms with Crippen LogP contribution in [0.25, 0.3) is 0 Å². The summed E-state index contributed by atoms with van der Waals surface area (Å²) in [6.45, 7) is 2.28. The molecule has 0 bridgehead atoms. The summed E-state index contributed by atoms with van der Waals surface area (Å²) in [7, 11) is 0. The predicted octanol–water partition coefficient (Wildman–Crippen LogP) is 7.90. The quantitative estimate of drug-likeness (QED) is 0.237. The van der Waals surface area contributed by atoms with Crippen molar-refractivity contribution in [3.63, 3.8) is 0 Å². The number of thiocarbonyl (C=S) groups is 1. The topological polar surface area (TPSA) is 0 Å². The van der Waals surface area contributed by atoms with Crippen LogP contribution in [0.5, 0.6) is 0 Å². The lowest BCUT2D eigenvalue weighted by Gasteiger charge is -2.04. The minimum Gasteiger partial charge on any atom is -0.108 e. The van der Waals surface area contributed by atoms with E-state index in [0.717, 1.165) is 15.7 Å². The van der Waals surface area contributed by atoms with Gasteiger partial charge >= 0.3 is 0 Å². The zero-order valence-corrected chi connectivity index (χ0v) is 17.8. The van der Waals surface area contributed by atoms with Crippen LogP contribution >= 0.6 is 35.7 Å². The minimum atomic E-state index is 1.11. The van der Waals surface area contributed by atoms with E-state index in [4.69, 9.17) is 12.2 Å². The molecule has 24 heavy (non-hydrogen) atoms. The summed E-state index contributed by atoms with van der Waals surface area (Å²) in [6.07, 6.45) is 15.2. The van der Waals surface area contributed by atoms with Crippen molar-refractivity contribution in [2.24, 2.45) is 0 Å². The molecule has 1 aromatic rings. The van der Waals surface area contributed by atoms with Gasteiger partial charge in [-0.05, 0) is 24.2 Å². The van der Waals surface area contributed by atoms with E-state index in [1.165, 1.54) is 75.5 Å². The smallest absolute Gasteiger partial charge is 0.104 e. The van der Waals surface area contributed by atoms with Gasteiger partial charge < -0.3 is 0 Å². The van der Waals surface area contributed by atoms with Gasteiger partial charge in [0.05, 0.1) is 0 Å². The molecule has 0 aromatic heterocycles. The van der Waals surface area contributed by atoms with Crippen molar-refractivity contribution < 1.29 is 0 Å². The summed E-state index contributed by atoms with van der Waals surface area (Å²) in [5.41, 5.74) is 1.41. The maximum Gasteiger partial charge on any atom is 0.104 e. The standard InChI is InChI=1S/C21H34S3/c1-2-3-4-5-6-7-8-9-10-14-18-23-21(22)24-19-17-20-15-12-11-13-16-20/h11-13,15-16H,2-10,14,17-19H2,1H3. The molecule has 0 spiro atoms. The first-order chi connectivity index (χ1) is 11.8. The molecule has 3 heteroatoms. The highest BCUT2D eigenvalue weighted by Crippen LogP contribution is 2.20. The van der Waals surface area contributed by atoms with Crippen LogP contribution in [0.3, 0.4) is 0 Å². The molecule has 0 aliphatic rings. The van der Waals surface area contributed by atoms with Crippen molar-refractivity contribution in [3.8, 4) is 0 Å². The third-order valence-corrected chi connectivity index (χ3v) is 6.96. The summed E-state index contributed by atoms with van der Waals surface area (Å²) >= 11 is 9.20. The van der Waals surface area contributed by atoms with E-state index in [9.17, 15) is 0 Å². The number of hydrogen-bond donors (Lipinski definition) is 0. The van der Waals surface area contributed by atoms with E-state index >= 15 is 0 Å². The number of rotatable bonds is 14. The van der Waals surface area contributed by atoms with Crippen LogP contribution in [-0.4, -0.2) is 15.0 Å². The van der Waals surface area contributed by atoms with Crippen molar-refractivity contribution in [2.75, 3.05) is 11.5 Å². The number of aryl methyl sites for hydroxylation is 1. The second kappa shape index (κ2) is 16.5. The summed E-state index contributed by atoms with van der Waals surface area (Å²) in [5.74, 6) is 2.31. The molecular weight excluding hydrogens is 348 g/mol. The Morgan fingerprint density at radius 2 is 1.29 bits per heavy atom. The first-order valence-corrected chi connectivity index (χ1v) is 12.0. The van der Waals surface area contributed by atoms with Gasteiger partial charge in [-0.3, -0.25) is 0 Å². The van der Waals surface area contributed by atoms with Gasteiger partial charge in [-0.25, -0.2) is 0 Å². The fourth-order valence-corrected chi connectivity index (χ4v) is 5.04. The van der Waals surface area contributed by atoms with E-state index in [2.05, 4.69) is 37.3 Å². The molecule has 0 fully saturated rings. The van der Waals surface area contributed by atoms with E-state index in [1.54, 1.807) is 0 Å². The molecule has 0 atom stereocenters. The van der Waals surface area contributed by atoms with Crippen LogP contribution in [0, 0.1) is 0 Å². The Hall–Kier alpha value is 0.01000. The monoisotopic (exact) mass is 382 g/mol. The van der Waals surface area contributed by atoms with Crippen molar-refractivity contribution in [1.82, 2.24) is 0 Å². The summed E-state index contributed by atoms with van der Waals surface area (Å²) in [6, 6.07) is 10.7. The van der Waals surface area contributed by atoms with Crippen LogP contribution in [0.4, 0.5) is 0 Å². The van der Waals surface area contributed by atoms with E-state index in [-0.39, 0.29) is 0 Å². The molecule has 0 nitrogen and oxygen atoms in total. The minimum absolute atomic E-state index is 1.11. The highest BCUT2D eigenvalue weighted by Gasteiger charge is 2.00. The maximum atomic E-state index is 5.47. The van der Waals surface area contributed by atoms with Crippen molar-refractivity contribution in [1.29, 1.82) is 0 Å². The first-order valence-electron chi connectivity index (χ1n) is 9.66. The van der Waals surface area contributed by atoms with Gasteiger partial charge in [0.2, 0.25) is 0 Å². The Bertz CT molecular complexity index is 403. The zero-order chi connectivity index (χ0) is 17.3. The maximum absolute atomic E-state index is 5.47. The molecule has 0 aliphatic heterocycles. The Morgan fingerprint density at radius 3 is 1.92 bits per heavy atom. The molecule has 1 aromatic carbocycles. The first kappa shape index (κ1) is 22.1. The Labute approximate surface area is 164 Å². The molecule has 0 unspecified atom stereocenters. The second-order valence-electron chi connectivity index (χ2n) is 6.36. The van der Waals surface area contributed by atoms with E-state index < -0.39 is 0 Å². The van der Waals surface area contributed by atoms with Gasteiger partial charge in [0.1, 0.15) is 3.53 Å². The molecular formula is C21H34S3. The fourth-order valence-electron chi connectivity index (χ4n) is 2.68. The number of benzene rings is 1. The lowest BCUT2D eigenvalue weighted by molar-refractivity contribution is 0.563. The molecule has 1 rings (SSSR count). The molecule has 0 heterocycles. The van der Waals surface area contributed by atoms with Crippen molar-refractivity contribution >= 4 is 39.3 Å². The molecule has 0 radical (unpaired) electrons. The molecule has 0 saturated heterocycles. The Morgan fingerprint density at radius 1 is 0.750 bits per heavy atom. The average molecular weight is 383 g/mol. The van der Waals surface area contributed by atoms with Gasteiger partial charge in [-0.1, -0.05) is 107 Å². The lowest BCUT2D eigenvalue weighted by Crippen LogP contribution is -1.92. The van der Waals surface area contributed by atoms with Gasteiger partial charge in [-0.15, -0.1) is 23.5 Å². The van der Waals surface area contributed by atoms with Crippen LogP contribution in [0.1, 0.15) is 76.7 Å². The average Bonchev–Trinajstić information content (AvgIpc) is 2.60. The summed E-state index contributed by atoms with van der Waals surface area (Å²) in [5, 5.41) is 0. The number of hydrogen-bond acceptors (Lipinski definition) is 3. The summed E-state index contributed by atoms with van der Waals surface area (Å²) < 4.78 is 1.13. The third kappa shape index (κ3) is 13.3. The predicted molar refractivity (Wildman–Crippen MR) is 120 cm³/mol. The van der Waals surface area contributed by atoms with Gasteiger partial charge in [0.25, 0.3) is 0 Å². The highest BCUT2D eigenvalue weighted by atomic mass is 32.2. The van der Waals surface area contributed by atoms with Gasteiger partial charge in [0, 0.05) is 5.75 Å². The molecule has 0 N–H and O–H groups in total. The third-order valence-electron chi connectivity index (χ3n) is 4.17. The largest absolute Gasteiger partial charge is 0.108 e. The van der Waals surface area contributed by atoms with Crippen molar-refractivity contribution in [2.45, 2.75) is 77.6 Å². The Kier molecular flexibility index (Phi) is 15.1. The van der Waals surface area contributed by atoms with Crippen LogP contribution in [0.2, 0.25) is 0 Å². The SMILES string of the molecule is CCCCCCCCCCCCSC(=S)SCCc1ccccc1. The lowest BCUT2D eigenvalue weighted by atomic mass is 10.1. The van der Waals surface area contributed by atoms with Gasteiger partial charge in [-0.2, -0.15) is 0 Å². The summed E-state index contributed by atoms with van der Waals surface area (Å²) in [4.78, 5) is 0. The molecule has 0 saturated carbocycles. The van der Waals surface area contributed by atoms with Crippen molar-refractivity contribution in [3.05, 3.63) is 35.9 Å². The fraction of sp³-hybridized carbons (Fsp3) is 0.667. The van der Waals surface area contributed by atoms with Crippen LogP contribution in [0.15, 0.2) is 30.3 Å². The number of thioether (sulfide) groups is 2. The second-order valence-corrected chi connectivity index (χ2v) is 9.76. The van der Waals surface area contributed by atoms with Crippen LogP contribution < -0.4 is 0 Å². The van der Waals surface area contributed by atoms with Gasteiger partial charge in [0.15, 0.2) is 0 Å². The van der Waals surface area contributed by atoms with E-state index in [1.807, 2.05) is 23.5 Å². The normalized spacial score (nSPS) is 10.9. The molecule has 0 amide bonds. The highest BCUT2D eigenvalue weighted by molar-refractivity contribution is 8.47. The number of unbranched alkanes of at least 4 members (excludes halogenated alkanes) is 9.